The van der Waals surface area contributed by atoms with E-state index in [1.54, 1.807) is 13.0 Å². The molecule has 0 saturated heterocycles. The van der Waals surface area contributed by atoms with Crippen LogP contribution in [-0.4, -0.2) is 30.2 Å². The van der Waals surface area contributed by atoms with E-state index in [2.05, 4.69) is 30.8 Å². The van der Waals surface area contributed by atoms with E-state index < -0.39 is 5.82 Å². The maximum absolute atomic E-state index is 13.6. The average Bonchev–Trinajstić information content (AvgIpc) is 3.24. The normalized spacial score (nSPS) is 12.4. The van der Waals surface area contributed by atoms with Gasteiger partial charge in [-0.25, -0.2) is 9.37 Å². The largest absolute Gasteiger partial charge is 0.355 e. The summed E-state index contributed by atoms with van der Waals surface area (Å²) in [6, 6.07) is 4.05. The molecule has 0 fully saturated rings. The highest BCUT2D eigenvalue weighted by Crippen LogP contribution is 2.26. The highest BCUT2D eigenvalue weighted by molar-refractivity contribution is 7.13. The molecule has 3 aromatic heterocycles. The number of aromatic amines is 1. The number of rotatable bonds is 4. The molecule has 11 heteroatoms. The molecule has 0 radical (unpaired) electrons. The molecule has 27 heavy (non-hydrogen) atoms. The Morgan fingerprint density at radius 2 is 2.19 bits per heavy atom. The van der Waals surface area contributed by atoms with Crippen molar-refractivity contribution >= 4 is 39.0 Å². The third-order valence-electron chi connectivity index (χ3n) is 4.05. The summed E-state index contributed by atoms with van der Waals surface area (Å²) in [5.41, 5.74) is 0.571. The van der Waals surface area contributed by atoms with E-state index >= 15 is 0 Å². The van der Waals surface area contributed by atoms with Crippen molar-refractivity contribution in [2.75, 3.05) is 5.32 Å². The number of benzene rings is 1. The molecule has 4 rings (SSSR count). The number of hydrogen-bond acceptors (Lipinski definition) is 7. The first-order valence-corrected chi connectivity index (χ1v) is 9.17. The summed E-state index contributed by atoms with van der Waals surface area (Å²) in [6.45, 7) is 3.61. The van der Waals surface area contributed by atoms with E-state index in [9.17, 15) is 9.18 Å². The summed E-state index contributed by atoms with van der Waals surface area (Å²) in [7, 11) is 0. The fourth-order valence-corrected chi connectivity index (χ4v) is 3.61. The number of nitrogens with one attached hydrogen (secondary N) is 2. The number of halogens is 2. The van der Waals surface area contributed by atoms with E-state index in [-0.39, 0.29) is 16.6 Å². The van der Waals surface area contributed by atoms with Gasteiger partial charge in [0, 0.05) is 16.3 Å². The summed E-state index contributed by atoms with van der Waals surface area (Å²) < 4.78 is 15.1. The van der Waals surface area contributed by atoms with Crippen LogP contribution in [-0.2, 0) is 0 Å². The fraction of sp³-hybridized carbons (Fsp3) is 0.188. The number of aryl methyl sites for hydroxylation is 1. The van der Waals surface area contributed by atoms with E-state index in [1.165, 1.54) is 28.2 Å². The van der Waals surface area contributed by atoms with Crippen LogP contribution in [0.1, 0.15) is 24.4 Å². The van der Waals surface area contributed by atoms with Crippen molar-refractivity contribution in [1.82, 2.24) is 30.2 Å². The third kappa shape index (κ3) is 3.28. The van der Waals surface area contributed by atoms with Crippen LogP contribution in [0.4, 0.5) is 9.52 Å². The Labute approximate surface area is 161 Å². The Balaban J connectivity index is 1.63. The molecule has 0 saturated carbocycles. The van der Waals surface area contributed by atoms with Crippen LogP contribution in [0, 0.1) is 12.7 Å². The maximum Gasteiger partial charge on any atom is 0.253 e. The lowest BCUT2D eigenvalue weighted by molar-refractivity contribution is 0.629. The molecule has 1 atom stereocenters. The number of aromatic nitrogens is 6. The number of thiazole rings is 1. The van der Waals surface area contributed by atoms with Gasteiger partial charge in [0.15, 0.2) is 16.8 Å². The third-order valence-corrected chi connectivity index (χ3v) is 5.11. The summed E-state index contributed by atoms with van der Waals surface area (Å²) in [4.78, 5) is 19.5. The van der Waals surface area contributed by atoms with Gasteiger partial charge in [-0.3, -0.25) is 4.79 Å². The quantitative estimate of drug-likeness (QED) is 0.540. The summed E-state index contributed by atoms with van der Waals surface area (Å²) in [5.74, 6) is 0.633. The molecule has 0 amide bonds. The minimum atomic E-state index is -0.577. The zero-order valence-electron chi connectivity index (χ0n) is 14.2. The van der Waals surface area contributed by atoms with Crippen molar-refractivity contribution in [1.29, 1.82) is 0 Å². The number of anilines is 1. The first-order chi connectivity index (χ1) is 12.9. The summed E-state index contributed by atoms with van der Waals surface area (Å²) in [6.07, 6.45) is 0. The minimum absolute atomic E-state index is 0.00230. The van der Waals surface area contributed by atoms with Gasteiger partial charge in [-0.1, -0.05) is 11.6 Å². The van der Waals surface area contributed by atoms with Crippen molar-refractivity contribution in [3.05, 3.63) is 56.2 Å². The van der Waals surface area contributed by atoms with Crippen LogP contribution in [0.2, 0.25) is 5.02 Å². The van der Waals surface area contributed by atoms with E-state index in [0.29, 0.717) is 33.2 Å². The SMILES string of the molecule is Cc1nnnn1-c1csc(N[C@@H](C)c2cc3cc(Cl)c(F)cc3[nH]c2=O)n1. The molecule has 0 spiro atoms. The summed E-state index contributed by atoms with van der Waals surface area (Å²) >= 11 is 7.22. The number of H-pyrrole nitrogens is 1. The van der Waals surface area contributed by atoms with E-state index in [4.69, 9.17) is 11.6 Å². The second kappa shape index (κ2) is 6.71. The topological polar surface area (TPSA) is 101 Å². The number of fused-ring (bicyclic) bond motifs is 1. The zero-order valence-corrected chi connectivity index (χ0v) is 15.8. The molecule has 8 nitrogen and oxygen atoms in total. The van der Waals surface area contributed by atoms with Gasteiger partial charge in [0.25, 0.3) is 5.56 Å². The van der Waals surface area contributed by atoms with E-state index in [0.717, 1.165) is 0 Å². The second-order valence-electron chi connectivity index (χ2n) is 5.92. The van der Waals surface area contributed by atoms with Gasteiger partial charge in [-0.2, -0.15) is 4.68 Å². The van der Waals surface area contributed by atoms with Crippen molar-refractivity contribution in [3.8, 4) is 5.82 Å². The molecule has 0 unspecified atom stereocenters. The highest BCUT2D eigenvalue weighted by Gasteiger charge is 2.15. The number of hydrogen-bond donors (Lipinski definition) is 2. The average molecular weight is 406 g/mol. The molecule has 0 aliphatic carbocycles. The van der Waals surface area contributed by atoms with Gasteiger partial charge in [0.1, 0.15) is 5.82 Å². The smallest absolute Gasteiger partial charge is 0.253 e. The maximum atomic E-state index is 13.6. The van der Waals surface area contributed by atoms with Crippen molar-refractivity contribution in [2.24, 2.45) is 0 Å². The molecule has 0 aliphatic heterocycles. The Morgan fingerprint density at radius 3 is 2.93 bits per heavy atom. The Bertz CT molecular complexity index is 1200. The Morgan fingerprint density at radius 1 is 1.37 bits per heavy atom. The molecule has 3 heterocycles. The van der Waals surface area contributed by atoms with Gasteiger partial charge >= 0.3 is 0 Å². The molecule has 2 N–H and O–H groups in total. The van der Waals surface area contributed by atoms with Crippen LogP contribution in [0.3, 0.4) is 0 Å². The lowest BCUT2D eigenvalue weighted by Crippen LogP contribution is -2.19. The lowest BCUT2D eigenvalue weighted by atomic mass is 10.1. The molecule has 138 valence electrons. The fourth-order valence-electron chi connectivity index (χ4n) is 2.67. The first kappa shape index (κ1) is 17.6. The van der Waals surface area contributed by atoms with Crippen molar-refractivity contribution in [3.63, 3.8) is 0 Å². The monoisotopic (exact) mass is 405 g/mol. The van der Waals surface area contributed by atoms with Gasteiger partial charge in [-0.05, 0) is 42.5 Å². The standard InChI is InChI=1S/C16H13ClFN7OS/c1-7(19-16-21-14(6-27-16)25-8(2)22-23-24-25)10-3-9-4-11(17)12(18)5-13(9)20-15(10)26/h3-7H,1-2H3,(H,19,21)(H,20,26)/t7-/m0/s1. The van der Waals surface area contributed by atoms with Gasteiger partial charge in [0.05, 0.1) is 16.6 Å². The number of nitrogens with zero attached hydrogens (tertiary/aromatic N) is 5. The number of tetrazole rings is 1. The van der Waals surface area contributed by atoms with Crippen LogP contribution in [0.5, 0.6) is 0 Å². The van der Waals surface area contributed by atoms with Crippen molar-refractivity contribution in [2.45, 2.75) is 19.9 Å². The summed E-state index contributed by atoms with van der Waals surface area (Å²) in [5, 5.41) is 17.6. The van der Waals surface area contributed by atoms with Crippen molar-refractivity contribution < 1.29 is 4.39 Å². The predicted molar refractivity (Wildman–Crippen MR) is 101 cm³/mol. The van der Waals surface area contributed by atoms with Gasteiger partial charge in [-0.15, -0.1) is 16.4 Å². The molecule has 0 aliphatic rings. The molecule has 0 bridgehead atoms. The van der Waals surface area contributed by atoms with Gasteiger partial charge < -0.3 is 10.3 Å². The molecular formula is C16H13ClFN7OS. The lowest BCUT2D eigenvalue weighted by Gasteiger charge is -2.13. The predicted octanol–water partition coefficient (Wildman–Crippen LogP) is 3.23. The second-order valence-corrected chi connectivity index (χ2v) is 7.19. The Kier molecular flexibility index (Phi) is 4.36. The van der Waals surface area contributed by atoms with Crippen LogP contribution < -0.4 is 10.9 Å². The molecule has 4 aromatic rings. The highest BCUT2D eigenvalue weighted by atomic mass is 35.5. The molecule has 1 aromatic carbocycles. The van der Waals surface area contributed by atoms with Crippen LogP contribution in [0.15, 0.2) is 28.4 Å². The van der Waals surface area contributed by atoms with Gasteiger partial charge in [0.2, 0.25) is 0 Å². The zero-order chi connectivity index (χ0) is 19.1. The van der Waals surface area contributed by atoms with E-state index in [1.807, 2.05) is 12.3 Å². The minimum Gasteiger partial charge on any atom is -0.355 e. The van der Waals surface area contributed by atoms with Crippen LogP contribution in [0.25, 0.3) is 16.7 Å². The number of pyridine rings is 1. The first-order valence-electron chi connectivity index (χ1n) is 7.92. The van der Waals surface area contributed by atoms with Crippen LogP contribution >= 0.6 is 22.9 Å². The molecular weight excluding hydrogens is 393 g/mol. The Hall–Kier alpha value is -2.85.